The van der Waals surface area contributed by atoms with E-state index in [0.717, 1.165) is 46.5 Å². The van der Waals surface area contributed by atoms with E-state index in [0.29, 0.717) is 36.1 Å². The van der Waals surface area contributed by atoms with Crippen LogP contribution < -0.4 is 15.0 Å². The van der Waals surface area contributed by atoms with Crippen molar-refractivity contribution in [1.29, 1.82) is 0 Å². The molecule has 2 N–H and O–H groups in total. The number of fused-ring (bicyclic) bond motifs is 3. The molecule has 2 aromatic carbocycles. The first-order chi connectivity index (χ1) is 17.6. The number of rotatable bonds is 5. The highest BCUT2D eigenvalue weighted by Gasteiger charge is 2.29. The molecule has 0 saturated heterocycles. The second-order valence-corrected chi connectivity index (χ2v) is 9.22. The Morgan fingerprint density at radius 2 is 1.89 bits per heavy atom. The van der Waals surface area contributed by atoms with Gasteiger partial charge < -0.3 is 19.9 Å². The Morgan fingerprint density at radius 1 is 1.03 bits per heavy atom. The number of H-pyrrole nitrogens is 1. The number of anilines is 1. The van der Waals surface area contributed by atoms with Crippen LogP contribution in [0.25, 0.3) is 22.4 Å². The maximum atomic E-state index is 13.8. The van der Waals surface area contributed by atoms with Crippen LogP contribution in [0.3, 0.4) is 0 Å². The number of para-hydroxylation sites is 1. The molecule has 0 unspecified atom stereocenters. The van der Waals surface area contributed by atoms with Gasteiger partial charge in [-0.05, 0) is 60.7 Å². The number of methoxy groups -OCH3 is 1. The van der Waals surface area contributed by atoms with Crippen molar-refractivity contribution in [3.63, 3.8) is 0 Å². The van der Waals surface area contributed by atoms with Crippen molar-refractivity contribution in [2.45, 2.75) is 25.3 Å². The summed E-state index contributed by atoms with van der Waals surface area (Å²) in [4.78, 5) is 35.9. The molecule has 36 heavy (non-hydrogen) atoms. The fourth-order valence-corrected chi connectivity index (χ4v) is 4.69. The predicted octanol–water partition coefficient (Wildman–Crippen LogP) is 4.85. The molecule has 2 aliphatic rings. The average molecular weight is 479 g/mol. The van der Waals surface area contributed by atoms with E-state index in [2.05, 4.69) is 15.3 Å². The van der Waals surface area contributed by atoms with Gasteiger partial charge >= 0.3 is 0 Å². The van der Waals surface area contributed by atoms with Crippen molar-refractivity contribution >= 4 is 17.5 Å². The normalized spacial score (nSPS) is 14.4. The molecular weight excluding hydrogens is 452 g/mol. The number of benzene rings is 2. The van der Waals surface area contributed by atoms with Crippen molar-refractivity contribution in [2.75, 3.05) is 18.6 Å². The number of pyridine rings is 1. The molecular formula is C29H26N4O3. The maximum Gasteiger partial charge on any atom is 0.267 e. The van der Waals surface area contributed by atoms with Gasteiger partial charge in [-0.3, -0.25) is 9.59 Å². The fraction of sp³-hybridized carbons (Fsp3) is 0.207. The molecule has 6 rings (SSSR count). The minimum absolute atomic E-state index is 0.0670. The number of hydrogen-bond acceptors (Lipinski definition) is 4. The lowest BCUT2D eigenvalue weighted by molar-refractivity contribution is 0.0945. The Bertz CT molecular complexity index is 1450. The van der Waals surface area contributed by atoms with Gasteiger partial charge in [-0.25, -0.2) is 4.98 Å². The van der Waals surface area contributed by atoms with E-state index >= 15 is 0 Å². The summed E-state index contributed by atoms with van der Waals surface area (Å²) < 4.78 is 5.15. The van der Waals surface area contributed by atoms with Crippen LogP contribution in [-0.2, 0) is 6.42 Å². The van der Waals surface area contributed by atoms with E-state index in [1.165, 1.54) is 0 Å². The third kappa shape index (κ3) is 4.13. The minimum Gasteiger partial charge on any atom is -0.481 e. The largest absolute Gasteiger partial charge is 0.481 e. The zero-order valence-corrected chi connectivity index (χ0v) is 20.0. The van der Waals surface area contributed by atoms with Crippen LogP contribution in [0, 0.1) is 0 Å². The van der Waals surface area contributed by atoms with Crippen LogP contribution in [0.15, 0.2) is 72.9 Å². The van der Waals surface area contributed by atoms with Gasteiger partial charge in [0.05, 0.1) is 18.5 Å². The van der Waals surface area contributed by atoms with Gasteiger partial charge in [-0.15, -0.1) is 0 Å². The van der Waals surface area contributed by atoms with Crippen molar-refractivity contribution < 1.29 is 14.3 Å². The van der Waals surface area contributed by atoms with Crippen LogP contribution in [0.5, 0.6) is 5.88 Å². The number of carbonyl (C=O) groups excluding carboxylic acids is 2. The summed E-state index contributed by atoms with van der Waals surface area (Å²) in [6.45, 7) is 0.513. The van der Waals surface area contributed by atoms with Crippen molar-refractivity contribution in [1.82, 2.24) is 15.3 Å². The Hall–Kier alpha value is -4.39. The van der Waals surface area contributed by atoms with Gasteiger partial charge in [0.15, 0.2) is 0 Å². The molecule has 2 amide bonds. The Labute approximate surface area is 209 Å². The molecule has 3 heterocycles. The van der Waals surface area contributed by atoms with Gasteiger partial charge in [-0.2, -0.15) is 0 Å². The van der Waals surface area contributed by atoms with E-state index in [9.17, 15) is 9.59 Å². The average Bonchev–Trinajstić information content (AvgIpc) is 3.67. The van der Waals surface area contributed by atoms with Gasteiger partial charge in [0.2, 0.25) is 5.88 Å². The van der Waals surface area contributed by atoms with Crippen LogP contribution in [-0.4, -0.2) is 41.5 Å². The molecule has 2 aromatic heterocycles. The molecule has 7 nitrogen and oxygen atoms in total. The van der Waals surface area contributed by atoms with Gasteiger partial charge in [-0.1, -0.05) is 30.3 Å². The number of ether oxygens (including phenoxy) is 1. The second-order valence-electron chi connectivity index (χ2n) is 9.22. The summed E-state index contributed by atoms with van der Waals surface area (Å²) in [5.74, 6) is 0.409. The molecule has 1 aliphatic heterocycles. The molecule has 1 saturated carbocycles. The highest BCUT2D eigenvalue weighted by Crippen LogP contribution is 2.37. The molecule has 0 spiro atoms. The maximum absolute atomic E-state index is 13.8. The van der Waals surface area contributed by atoms with E-state index in [4.69, 9.17) is 4.74 Å². The number of amides is 2. The summed E-state index contributed by atoms with van der Waals surface area (Å²) in [7, 11) is 1.58. The first kappa shape index (κ1) is 22.1. The molecule has 1 aliphatic carbocycles. The summed E-state index contributed by atoms with van der Waals surface area (Å²) in [6.07, 6.45) is 4.47. The molecule has 0 bridgehead atoms. The Balaban J connectivity index is 1.32. The number of aromatic amines is 1. The van der Waals surface area contributed by atoms with E-state index < -0.39 is 0 Å². The first-order valence-electron chi connectivity index (χ1n) is 12.2. The number of aromatic nitrogens is 2. The Kier molecular flexibility index (Phi) is 5.52. The lowest BCUT2D eigenvalue weighted by Crippen LogP contribution is -2.32. The first-order valence-corrected chi connectivity index (χ1v) is 12.2. The van der Waals surface area contributed by atoms with Gasteiger partial charge in [0.25, 0.3) is 11.8 Å². The SMILES string of the molecule is COc1ccc(-c2cccc(C(=O)N3CCc4cc(C(=O)NC5CC5)[nH]c4-c4ccccc43)c2)cn1. The highest BCUT2D eigenvalue weighted by molar-refractivity contribution is 6.09. The third-order valence-electron chi connectivity index (χ3n) is 6.76. The van der Waals surface area contributed by atoms with Gasteiger partial charge in [0, 0.05) is 41.5 Å². The summed E-state index contributed by atoms with van der Waals surface area (Å²) in [6, 6.07) is 21.4. The summed E-state index contributed by atoms with van der Waals surface area (Å²) >= 11 is 0. The van der Waals surface area contributed by atoms with Crippen LogP contribution in [0.1, 0.15) is 39.3 Å². The van der Waals surface area contributed by atoms with E-state index in [-0.39, 0.29) is 11.8 Å². The lowest BCUT2D eigenvalue weighted by atomic mass is 10.0. The monoisotopic (exact) mass is 478 g/mol. The fourth-order valence-electron chi connectivity index (χ4n) is 4.69. The zero-order chi connectivity index (χ0) is 24.6. The van der Waals surface area contributed by atoms with Crippen molar-refractivity contribution in [2.24, 2.45) is 0 Å². The topological polar surface area (TPSA) is 87.3 Å². The highest BCUT2D eigenvalue weighted by atomic mass is 16.5. The lowest BCUT2D eigenvalue weighted by Gasteiger charge is -2.23. The number of nitrogens with one attached hydrogen (secondary N) is 2. The van der Waals surface area contributed by atoms with Gasteiger partial charge in [0.1, 0.15) is 5.69 Å². The van der Waals surface area contributed by atoms with Crippen molar-refractivity contribution in [3.8, 4) is 28.3 Å². The van der Waals surface area contributed by atoms with Crippen LogP contribution in [0.2, 0.25) is 0 Å². The van der Waals surface area contributed by atoms with E-state index in [1.54, 1.807) is 13.3 Å². The van der Waals surface area contributed by atoms with Crippen LogP contribution in [0.4, 0.5) is 5.69 Å². The molecule has 7 heteroatoms. The Morgan fingerprint density at radius 3 is 2.67 bits per heavy atom. The molecule has 1 fully saturated rings. The second kappa shape index (κ2) is 9.00. The zero-order valence-electron chi connectivity index (χ0n) is 20.0. The summed E-state index contributed by atoms with van der Waals surface area (Å²) in [5, 5.41) is 3.05. The summed E-state index contributed by atoms with van der Waals surface area (Å²) in [5.41, 5.74) is 6.68. The smallest absolute Gasteiger partial charge is 0.267 e. The third-order valence-corrected chi connectivity index (χ3v) is 6.76. The van der Waals surface area contributed by atoms with E-state index in [1.807, 2.05) is 71.6 Å². The predicted molar refractivity (Wildman–Crippen MR) is 138 cm³/mol. The van der Waals surface area contributed by atoms with Crippen LogP contribution >= 0.6 is 0 Å². The number of carbonyl (C=O) groups is 2. The molecule has 4 aromatic rings. The number of nitrogens with zero attached hydrogens (tertiary/aromatic N) is 2. The molecule has 0 atom stereocenters. The molecule has 0 radical (unpaired) electrons. The molecule has 180 valence electrons. The standard InChI is InChI=1S/C29H26N4O3/c1-36-26-12-9-21(17-30-26)18-5-4-6-20(15-18)29(35)33-14-13-19-16-24(28(34)31-22-10-11-22)32-27(19)23-7-2-3-8-25(23)33/h2-9,12,15-17,22,32H,10-11,13-14H2,1H3,(H,31,34). The van der Waals surface area contributed by atoms with Crippen molar-refractivity contribution in [3.05, 3.63) is 89.7 Å². The quantitative estimate of drug-likeness (QED) is 0.429. The number of hydrogen-bond donors (Lipinski definition) is 2. The minimum atomic E-state index is -0.0687.